The lowest BCUT2D eigenvalue weighted by molar-refractivity contribution is 0.0752. The molecule has 0 saturated heterocycles. The van der Waals surface area contributed by atoms with Crippen molar-refractivity contribution in [1.29, 1.82) is 0 Å². The van der Waals surface area contributed by atoms with Gasteiger partial charge in [-0.3, -0.25) is 19.5 Å². The predicted molar refractivity (Wildman–Crippen MR) is 132 cm³/mol. The summed E-state index contributed by atoms with van der Waals surface area (Å²) in [6.07, 6.45) is 1.15. The van der Waals surface area contributed by atoms with Gasteiger partial charge in [-0.1, -0.05) is 13.8 Å². The first-order valence-corrected chi connectivity index (χ1v) is 12.5. The summed E-state index contributed by atoms with van der Waals surface area (Å²) >= 11 is 1.47. The van der Waals surface area contributed by atoms with Gasteiger partial charge in [-0.05, 0) is 18.4 Å². The summed E-state index contributed by atoms with van der Waals surface area (Å²) in [5.74, 6) is 0.223. The number of aromatic nitrogens is 4. The first kappa shape index (κ1) is 24.6. The monoisotopic (exact) mass is 498 g/mol. The molecular formula is C24H30N6O4S. The number of hydrogen-bond donors (Lipinski definition) is 1. The summed E-state index contributed by atoms with van der Waals surface area (Å²) in [4.78, 5) is 47.0. The SMILES string of the molecule is COc1cc(=O)n2c(c1C(=O)N(C)Cc1cscn1)CCN(C(=O)c1cc(CC(C)C)[nH]n1)CC2. The summed E-state index contributed by atoms with van der Waals surface area (Å²) in [6.45, 7) is 5.53. The van der Waals surface area contributed by atoms with Crippen molar-refractivity contribution in [2.24, 2.45) is 5.92 Å². The third-order valence-electron chi connectivity index (χ3n) is 6.02. The fourth-order valence-electron chi connectivity index (χ4n) is 4.34. The third-order valence-corrected chi connectivity index (χ3v) is 6.66. The number of methoxy groups -OCH3 is 1. The van der Waals surface area contributed by atoms with Gasteiger partial charge >= 0.3 is 0 Å². The van der Waals surface area contributed by atoms with E-state index in [0.29, 0.717) is 48.9 Å². The van der Waals surface area contributed by atoms with Crippen molar-refractivity contribution in [2.75, 3.05) is 27.2 Å². The molecule has 3 aromatic heterocycles. The van der Waals surface area contributed by atoms with E-state index in [4.69, 9.17) is 4.74 Å². The van der Waals surface area contributed by atoms with Crippen LogP contribution in [0.4, 0.5) is 0 Å². The molecule has 1 aliphatic heterocycles. The van der Waals surface area contributed by atoms with Crippen molar-refractivity contribution in [3.05, 3.63) is 61.7 Å². The lowest BCUT2D eigenvalue weighted by atomic mass is 10.1. The number of nitrogens with one attached hydrogen (secondary N) is 1. The van der Waals surface area contributed by atoms with Gasteiger partial charge in [-0.15, -0.1) is 11.3 Å². The number of hydrogen-bond acceptors (Lipinski definition) is 7. The van der Waals surface area contributed by atoms with Crippen molar-refractivity contribution in [2.45, 2.75) is 39.8 Å². The van der Waals surface area contributed by atoms with Crippen LogP contribution in [0.5, 0.6) is 5.75 Å². The maximum atomic E-state index is 13.5. The molecule has 11 heteroatoms. The largest absolute Gasteiger partial charge is 0.496 e. The Morgan fingerprint density at radius 2 is 2.06 bits per heavy atom. The van der Waals surface area contributed by atoms with E-state index in [1.54, 1.807) is 33.0 Å². The van der Waals surface area contributed by atoms with E-state index in [2.05, 4.69) is 29.0 Å². The number of H-pyrrole nitrogens is 1. The van der Waals surface area contributed by atoms with Crippen molar-refractivity contribution in [3.63, 3.8) is 0 Å². The number of pyridine rings is 1. The van der Waals surface area contributed by atoms with Gasteiger partial charge in [0, 0.05) is 55.9 Å². The molecule has 0 spiro atoms. The highest BCUT2D eigenvalue weighted by molar-refractivity contribution is 7.07. The van der Waals surface area contributed by atoms with Gasteiger partial charge in [0.2, 0.25) is 0 Å². The standard InChI is InChI=1S/C24H30N6O4S/c1-15(2)9-16-10-18(27-26-16)23(32)29-6-5-19-22(20(34-4)11-21(31)30(19)8-7-29)24(33)28(3)12-17-13-35-14-25-17/h10-11,13-15H,5-9,12H2,1-4H3,(H,26,27). The molecule has 1 N–H and O–H groups in total. The minimum Gasteiger partial charge on any atom is -0.496 e. The molecule has 0 aliphatic carbocycles. The summed E-state index contributed by atoms with van der Waals surface area (Å²) in [6, 6.07) is 3.13. The highest BCUT2D eigenvalue weighted by atomic mass is 32.1. The second-order valence-corrected chi connectivity index (χ2v) is 9.80. The Morgan fingerprint density at radius 1 is 1.26 bits per heavy atom. The molecule has 0 saturated carbocycles. The number of carbonyl (C=O) groups is 2. The van der Waals surface area contributed by atoms with Crippen LogP contribution in [-0.2, 0) is 25.9 Å². The topological polar surface area (TPSA) is 113 Å². The number of ether oxygens (including phenoxy) is 1. The lowest BCUT2D eigenvalue weighted by Gasteiger charge is -2.21. The average Bonchev–Trinajstić information content (AvgIpc) is 3.45. The molecule has 3 aromatic rings. The molecule has 35 heavy (non-hydrogen) atoms. The predicted octanol–water partition coefficient (Wildman–Crippen LogP) is 2.21. The molecule has 10 nitrogen and oxygen atoms in total. The van der Waals surface area contributed by atoms with E-state index < -0.39 is 0 Å². The first-order valence-electron chi connectivity index (χ1n) is 11.5. The summed E-state index contributed by atoms with van der Waals surface area (Å²) < 4.78 is 7.03. The van der Waals surface area contributed by atoms with Crippen LogP contribution in [0.15, 0.2) is 27.8 Å². The Labute approximate surface area is 207 Å². The molecule has 0 atom stereocenters. The molecule has 0 aromatic carbocycles. The van der Waals surface area contributed by atoms with Gasteiger partial charge in [0.05, 0.1) is 24.9 Å². The van der Waals surface area contributed by atoms with Crippen LogP contribution in [0.25, 0.3) is 0 Å². The quantitative estimate of drug-likeness (QED) is 0.534. The first-order chi connectivity index (χ1) is 16.8. The molecule has 2 amide bonds. The molecule has 186 valence electrons. The van der Waals surface area contributed by atoms with Gasteiger partial charge in [-0.2, -0.15) is 5.10 Å². The van der Waals surface area contributed by atoms with E-state index >= 15 is 0 Å². The minimum atomic E-state index is -0.260. The Hall–Kier alpha value is -3.47. The number of rotatable bonds is 7. The van der Waals surface area contributed by atoms with Crippen LogP contribution in [0.1, 0.15) is 51.8 Å². The highest BCUT2D eigenvalue weighted by Crippen LogP contribution is 2.25. The molecule has 0 radical (unpaired) electrons. The average molecular weight is 499 g/mol. The van der Waals surface area contributed by atoms with E-state index in [9.17, 15) is 14.4 Å². The summed E-state index contributed by atoms with van der Waals surface area (Å²) in [7, 11) is 3.14. The summed E-state index contributed by atoms with van der Waals surface area (Å²) in [5.41, 5.74) is 4.44. The highest BCUT2D eigenvalue weighted by Gasteiger charge is 2.29. The Kier molecular flexibility index (Phi) is 7.34. The Bertz CT molecular complexity index is 1260. The second-order valence-electron chi connectivity index (χ2n) is 9.08. The van der Waals surface area contributed by atoms with E-state index in [1.165, 1.54) is 24.5 Å². The number of aromatic amines is 1. The van der Waals surface area contributed by atoms with Crippen LogP contribution in [0, 0.1) is 5.92 Å². The summed E-state index contributed by atoms with van der Waals surface area (Å²) in [5, 5.41) is 9.04. The number of nitrogens with zero attached hydrogens (tertiary/aromatic N) is 5. The van der Waals surface area contributed by atoms with Gasteiger partial charge in [0.15, 0.2) is 0 Å². The van der Waals surface area contributed by atoms with Gasteiger partial charge in [0.25, 0.3) is 17.4 Å². The number of fused-ring (bicyclic) bond motifs is 1. The van der Waals surface area contributed by atoms with Crippen LogP contribution in [-0.4, -0.2) is 68.6 Å². The van der Waals surface area contributed by atoms with Crippen molar-refractivity contribution in [1.82, 2.24) is 29.5 Å². The third kappa shape index (κ3) is 5.29. The Morgan fingerprint density at radius 3 is 2.74 bits per heavy atom. The molecule has 1 aliphatic rings. The fraction of sp³-hybridized carbons (Fsp3) is 0.458. The zero-order chi connectivity index (χ0) is 25.1. The molecule has 0 unspecified atom stereocenters. The van der Waals surface area contributed by atoms with Crippen LogP contribution < -0.4 is 10.3 Å². The van der Waals surface area contributed by atoms with E-state index in [0.717, 1.165) is 17.8 Å². The molecule has 0 bridgehead atoms. The number of carbonyl (C=O) groups excluding carboxylic acids is 2. The zero-order valence-corrected chi connectivity index (χ0v) is 21.2. The van der Waals surface area contributed by atoms with Crippen LogP contribution in [0.3, 0.4) is 0 Å². The van der Waals surface area contributed by atoms with Crippen molar-refractivity contribution in [3.8, 4) is 5.75 Å². The van der Waals surface area contributed by atoms with E-state index in [1.807, 2.05) is 5.38 Å². The van der Waals surface area contributed by atoms with Gasteiger partial charge in [0.1, 0.15) is 17.0 Å². The van der Waals surface area contributed by atoms with Crippen LogP contribution >= 0.6 is 11.3 Å². The molecule has 0 fully saturated rings. The zero-order valence-electron chi connectivity index (χ0n) is 20.4. The lowest BCUT2D eigenvalue weighted by Crippen LogP contribution is -2.34. The van der Waals surface area contributed by atoms with Gasteiger partial charge < -0.3 is 19.1 Å². The maximum absolute atomic E-state index is 13.5. The molecule has 4 heterocycles. The number of thiazole rings is 1. The maximum Gasteiger partial charge on any atom is 0.274 e. The van der Waals surface area contributed by atoms with Gasteiger partial charge in [-0.25, -0.2) is 4.98 Å². The van der Waals surface area contributed by atoms with Crippen molar-refractivity contribution < 1.29 is 14.3 Å². The molecular weight excluding hydrogens is 468 g/mol. The molecule has 4 rings (SSSR count). The van der Waals surface area contributed by atoms with E-state index in [-0.39, 0.29) is 29.7 Å². The minimum absolute atomic E-state index is 0.197. The van der Waals surface area contributed by atoms with Crippen molar-refractivity contribution >= 4 is 23.2 Å². The normalized spacial score (nSPS) is 13.5. The number of amides is 2. The fourth-order valence-corrected chi connectivity index (χ4v) is 4.89. The second kappa shape index (κ2) is 10.4. The Balaban J connectivity index is 1.60. The smallest absolute Gasteiger partial charge is 0.274 e. The van der Waals surface area contributed by atoms with Crippen LogP contribution in [0.2, 0.25) is 0 Å².